The minimum absolute atomic E-state index is 0.176. The molecule has 4 aliphatic heterocycles. The summed E-state index contributed by atoms with van der Waals surface area (Å²) in [7, 11) is 0. The van der Waals surface area contributed by atoms with Crippen molar-refractivity contribution in [1.82, 2.24) is 4.90 Å². The Morgan fingerprint density at radius 2 is 1.62 bits per heavy atom. The van der Waals surface area contributed by atoms with E-state index in [1.165, 1.54) is 4.90 Å². The fraction of sp³-hybridized carbons (Fsp3) is 0.457. The van der Waals surface area contributed by atoms with Crippen LogP contribution in [0.25, 0.3) is 0 Å². The number of hydrogen-bond donors (Lipinski definition) is 1. The van der Waals surface area contributed by atoms with Crippen molar-refractivity contribution in [2.75, 3.05) is 36.1 Å². The summed E-state index contributed by atoms with van der Waals surface area (Å²) in [5.74, 6) is -2.38. The van der Waals surface area contributed by atoms with Crippen LogP contribution in [0.3, 0.4) is 0 Å². The first-order valence-corrected chi connectivity index (χ1v) is 16.1. The molecular weight excluding hydrogens is 594 g/mol. The lowest BCUT2D eigenvalue weighted by Gasteiger charge is -2.41. The third-order valence-electron chi connectivity index (χ3n) is 9.79. The number of aliphatic hydroxyl groups is 1. The molecule has 4 heterocycles. The number of para-hydroxylation sites is 1. The number of ether oxygens (including phenoxy) is 2. The second kappa shape index (κ2) is 11.9. The number of aliphatic hydroxyl groups excluding tert-OH is 1. The summed E-state index contributed by atoms with van der Waals surface area (Å²) in [6.07, 6.45) is 7.89. The summed E-state index contributed by atoms with van der Waals surface area (Å²) < 4.78 is 12.7. The molecule has 4 aliphatic rings. The van der Waals surface area contributed by atoms with E-state index in [1.54, 1.807) is 34.1 Å². The molecule has 1 spiro atoms. The van der Waals surface area contributed by atoms with Crippen molar-refractivity contribution in [3.8, 4) is 5.75 Å². The Hall–Kier alpha value is -3.66. The highest BCUT2D eigenvalue weighted by Crippen LogP contribution is 2.59. The van der Waals surface area contributed by atoms with E-state index in [9.17, 15) is 19.5 Å². The molecule has 45 heavy (non-hydrogen) atoms. The van der Waals surface area contributed by atoms with E-state index in [0.29, 0.717) is 41.7 Å². The van der Waals surface area contributed by atoms with Crippen LogP contribution in [0.4, 0.5) is 11.4 Å². The van der Waals surface area contributed by atoms with Crippen molar-refractivity contribution in [1.29, 1.82) is 0 Å². The number of anilines is 2. The fourth-order valence-corrected chi connectivity index (χ4v) is 7.92. The van der Waals surface area contributed by atoms with Crippen LogP contribution in [0.5, 0.6) is 5.75 Å². The van der Waals surface area contributed by atoms with Gasteiger partial charge < -0.3 is 29.3 Å². The maximum absolute atomic E-state index is 14.8. The second-order valence-corrected chi connectivity index (χ2v) is 12.8. The van der Waals surface area contributed by atoms with Gasteiger partial charge in [0.2, 0.25) is 11.8 Å². The molecule has 2 fully saturated rings. The molecule has 1 N–H and O–H groups in total. The Kier molecular flexibility index (Phi) is 8.31. The highest BCUT2D eigenvalue weighted by Gasteiger charge is 2.76. The van der Waals surface area contributed by atoms with E-state index in [-0.39, 0.29) is 36.8 Å². The molecule has 0 radical (unpaired) electrons. The number of halogens is 1. The van der Waals surface area contributed by atoms with Gasteiger partial charge in [-0.25, -0.2) is 0 Å². The van der Waals surface area contributed by atoms with Gasteiger partial charge in [-0.2, -0.15) is 0 Å². The summed E-state index contributed by atoms with van der Waals surface area (Å²) >= 11 is 6.58. The predicted octanol–water partition coefficient (Wildman–Crippen LogP) is 4.62. The average molecular weight is 634 g/mol. The van der Waals surface area contributed by atoms with Gasteiger partial charge in [0.1, 0.15) is 17.4 Å². The number of carbonyl (C=O) groups excluding carboxylic acids is 3. The molecule has 3 amide bonds. The van der Waals surface area contributed by atoms with Crippen LogP contribution in [0.15, 0.2) is 72.8 Å². The van der Waals surface area contributed by atoms with E-state index < -0.39 is 35.1 Å². The summed E-state index contributed by atoms with van der Waals surface area (Å²) in [5.41, 5.74) is -1.39. The molecule has 10 heteroatoms. The third kappa shape index (κ3) is 4.78. The zero-order chi connectivity index (χ0) is 32.1. The monoisotopic (exact) mass is 633 g/mol. The SMILES string of the molecule is CCOc1ccc(N2CC=C[C@@]3(CC)O[C@]45C=CCN(c6ccccc6Cl)C(=O)C4N([C@@H](CO)C(C)C)C(=O)[C@@H]5[C@H]3C2=O)cc1. The molecule has 0 bridgehead atoms. The maximum atomic E-state index is 14.8. The van der Waals surface area contributed by atoms with Crippen molar-refractivity contribution in [2.24, 2.45) is 17.8 Å². The smallest absolute Gasteiger partial charge is 0.253 e. The first-order chi connectivity index (χ1) is 21.6. The van der Waals surface area contributed by atoms with Gasteiger partial charge in [0, 0.05) is 18.8 Å². The molecule has 0 aliphatic carbocycles. The quantitative estimate of drug-likeness (QED) is 0.426. The van der Waals surface area contributed by atoms with Crippen LogP contribution >= 0.6 is 11.6 Å². The van der Waals surface area contributed by atoms with Gasteiger partial charge in [-0.1, -0.05) is 68.8 Å². The lowest BCUT2D eigenvalue weighted by atomic mass is 9.73. The molecule has 2 aromatic rings. The lowest BCUT2D eigenvalue weighted by molar-refractivity contribution is -0.150. The van der Waals surface area contributed by atoms with Crippen LogP contribution in [0.1, 0.15) is 34.1 Å². The van der Waals surface area contributed by atoms with Crippen molar-refractivity contribution >= 4 is 40.7 Å². The molecule has 2 saturated heterocycles. The number of likely N-dealkylation sites (tertiary alicyclic amines) is 1. The van der Waals surface area contributed by atoms with Gasteiger partial charge >= 0.3 is 0 Å². The number of fused-ring (bicyclic) bond motifs is 2. The number of amides is 3. The first kappa shape index (κ1) is 31.3. The standard InChI is InChI=1S/C35H40ClN3O6/c1-5-34-17-9-19-37(23-13-15-24(16-14-23)44-6-2)31(41)28(34)29-32(42)39(27(21-40)22(3)4)30-33(43)38(20-10-18-35(29,30)45-34)26-12-8-7-11-25(26)36/h7-18,22,27-30,40H,5-6,19-21H2,1-4H3/t27-,28-,29-,30?,34+,35-/m0/s1. The van der Waals surface area contributed by atoms with Crippen molar-refractivity contribution < 1.29 is 29.0 Å². The number of rotatable bonds is 8. The van der Waals surface area contributed by atoms with Crippen LogP contribution < -0.4 is 14.5 Å². The van der Waals surface area contributed by atoms with Crippen LogP contribution in [0.2, 0.25) is 5.02 Å². The fourth-order valence-electron chi connectivity index (χ4n) is 7.68. The Labute approximate surface area is 269 Å². The zero-order valence-corrected chi connectivity index (χ0v) is 26.8. The van der Waals surface area contributed by atoms with Gasteiger partial charge in [0.15, 0.2) is 0 Å². The largest absolute Gasteiger partial charge is 0.494 e. The molecule has 0 saturated carbocycles. The Morgan fingerprint density at radius 3 is 2.27 bits per heavy atom. The Morgan fingerprint density at radius 1 is 0.933 bits per heavy atom. The highest BCUT2D eigenvalue weighted by atomic mass is 35.5. The summed E-state index contributed by atoms with van der Waals surface area (Å²) in [6.45, 7) is 8.35. The lowest BCUT2D eigenvalue weighted by Crippen LogP contribution is -2.60. The predicted molar refractivity (Wildman–Crippen MR) is 172 cm³/mol. The molecule has 1 unspecified atom stereocenters. The average Bonchev–Trinajstić information content (AvgIpc) is 3.31. The Balaban J connectivity index is 1.50. The van der Waals surface area contributed by atoms with Gasteiger partial charge in [0.25, 0.3) is 5.91 Å². The summed E-state index contributed by atoms with van der Waals surface area (Å²) in [6, 6.07) is 12.6. The molecule has 9 nitrogen and oxygen atoms in total. The summed E-state index contributed by atoms with van der Waals surface area (Å²) in [4.78, 5) is 49.1. The molecule has 0 aromatic heterocycles. The third-order valence-corrected chi connectivity index (χ3v) is 10.1. The molecular formula is C35H40ClN3O6. The summed E-state index contributed by atoms with van der Waals surface area (Å²) in [5, 5.41) is 11.0. The Bertz CT molecular complexity index is 1540. The normalized spacial score (nSPS) is 29.9. The van der Waals surface area contributed by atoms with E-state index in [4.69, 9.17) is 21.1 Å². The zero-order valence-electron chi connectivity index (χ0n) is 26.1. The van der Waals surface area contributed by atoms with Gasteiger partial charge in [-0.05, 0) is 55.7 Å². The van der Waals surface area contributed by atoms with Crippen molar-refractivity contribution in [3.05, 3.63) is 77.9 Å². The van der Waals surface area contributed by atoms with E-state index in [2.05, 4.69) is 0 Å². The molecule has 238 valence electrons. The number of nitrogens with zero attached hydrogens (tertiary/aromatic N) is 3. The van der Waals surface area contributed by atoms with Crippen LogP contribution in [-0.4, -0.2) is 77.3 Å². The maximum Gasteiger partial charge on any atom is 0.253 e. The minimum atomic E-state index is -1.45. The number of hydrogen-bond acceptors (Lipinski definition) is 6. The molecule has 6 atom stereocenters. The van der Waals surface area contributed by atoms with E-state index in [0.717, 1.165) is 0 Å². The molecule has 6 rings (SSSR count). The highest BCUT2D eigenvalue weighted by molar-refractivity contribution is 6.34. The van der Waals surface area contributed by atoms with Crippen LogP contribution in [-0.2, 0) is 19.1 Å². The number of carbonyl (C=O) groups is 3. The second-order valence-electron chi connectivity index (χ2n) is 12.4. The van der Waals surface area contributed by atoms with Crippen molar-refractivity contribution in [2.45, 2.75) is 57.4 Å². The minimum Gasteiger partial charge on any atom is -0.494 e. The topological polar surface area (TPSA) is 99.6 Å². The number of benzene rings is 2. The molecule has 2 aromatic carbocycles. The van der Waals surface area contributed by atoms with E-state index in [1.807, 2.05) is 76.3 Å². The van der Waals surface area contributed by atoms with Crippen molar-refractivity contribution in [3.63, 3.8) is 0 Å². The van der Waals surface area contributed by atoms with Gasteiger partial charge in [-0.15, -0.1) is 0 Å². The van der Waals surface area contributed by atoms with Crippen LogP contribution in [0, 0.1) is 17.8 Å². The van der Waals surface area contributed by atoms with Gasteiger partial charge in [-0.3, -0.25) is 14.4 Å². The first-order valence-electron chi connectivity index (χ1n) is 15.7. The van der Waals surface area contributed by atoms with E-state index >= 15 is 0 Å². The van der Waals surface area contributed by atoms with Gasteiger partial charge in [0.05, 0.1) is 47.4 Å².